The second kappa shape index (κ2) is 5.69. The zero-order valence-corrected chi connectivity index (χ0v) is 11.0. The largest absolute Gasteiger partial charge is 0.399 e. The van der Waals surface area contributed by atoms with Gasteiger partial charge in [0.15, 0.2) is 0 Å². The fraction of sp³-hybridized carbons (Fsp3) is 0.357. The van der Waals surface area contributed by atoms with Crippen molar-refractivity contribution in [2.45, 2.75) is 13.0 Å². The van der Waals surface area contributed by atoms with Crippen LogP contribution in [0.1, 0.15) is 11.1 Å². The van der Waals surface area contributed by atoms with Crippen LogP contribution >= 0.6 is 0 Å². The molecule has 0 saturated heterocycles. The molecule has 0 aliphatic heterocycles. The van der Waals surface area contributed by atoms with Crippen molar-refractivity contribution in [1.29, 1.82) is 0 Å². The third kappa shape index (κ3) is 3.34. The van der Waals surface area contributed by atoms with Gasteiger partial charge in [0.2, 0.25) is 0 Å². The number of likely N-dealkylation sites (N-methyl/N-ethyl adjacent to an activating group) is 1. The normalized spacial score (nSPS) is 11.1. The Morgan fingerprint density at radius 2 is 2.11 bits per heavy atom. The summed E-state index contributed by atoms with van der Waals surface area (Å²) < 4.78 is 1.83. The molecule has 2 aromatic rings. The minimum Gasteiger partial charge on any atom is -0.399 e. The van der Waals surface area contributed by atoms with Gasteiger partial charge < -0.3 is 10.6 Å². The van der Waals surface area contributed by atoms with Crippen LogP contribution in [0.25, 0.3) is 0 Å². The summed E-state index contributed by atoms with van der Waals surface area (Å²) in [5.41, 5.74) is 9.27. The van der Waals surface area contributed by atoms with Crippen molar-refractivity contribution in [3.05, 3.63) is 47.8 Å². The number of hydrogen-bond donors (Lipinski definition) is 1. The maximum Gasteiger partial charge on any atom is 0.0534 e. The maximum atomic E-state index is 5.93. The Morgan fingerprint density at radius 3 is 2.78 bits per heavy atom. The quantitative estimate of drug-likeness (QED) is 0.814. The van der Waals surface area contributed by atoms with Gasteiger partial charge in [0.25, 0.3) is 0 Å². The van der Waals surface area contributed by atoms with Gasteiger partial charge in [-0.15, -0.1) is 0 Å². The Kier molecular flexibility index (Phi) is 3.99. The summed E-state index contributed by atoms with van der Waals surface area (Å²) >= 11 is 0. The second-order valence-corrected chi connectivity index (χ2v) is 4.71. The Labute approximate surface area is 108 Å². The van der Waals surface area contributed by atoms with Crippen LogP contribution in [0, 0.1) is 0 Å². The molecular formula is C14H20N4. The van der Waals surface area contributed by atoms with Crippen molar-refractivity contribution < 1.29 is 0 Å². The Balaban J connectivity index is 1.85. The summed E-state index contributed by atoms with van der Waals surface area (Å²) in [6.45, 7) is 1.91. The van der Waals surface area contributed by atoms with E-state index in [0.717, 1.165) is 25.2 Å². The van der Waals surface area contributed by atoms with Crippen molar-refractivity contribution in [3.8, 4) is 0 Å². The number of nitrogens with two attached hydrogens (primary N) is 1. The number of hydrogen-bond acceptors (Lipinski definition) is 3. The lowest BCUT2D eigenvalue weighted by molar-refractivity contribution is 0.331. The van der Waals surface area contributed by atoms with Gasteiger partial charge in [0.05, 0.1) is 6.20 Å². The van der Waals surface area contributed by atoms with E-state index < -0.39 is 0 Å². The van der Waals surface area contributed by atoms with Crippen LogP contribution in [0.4, 0.5) is 5.69 Å². The Bertz CT molecular complexity index is 504. The first kappa shape index (κ1) is 12.6. The fourth-order valence-corrected chi connectivity index (χ4v) is 2.02. The van der Waals surface area contributed by atoms with Crippen LogP contribution in [0.3, 0.4) is 0 Å². The lowest BCUT2D eigenvalue weighted by atomic mass is 10.1. The molecule has 2 N–H and O–H groups in total. The summed E-state index contributed by atoms with van der Waals surface area (Å²) in [5.74, 6) is 0. The van der Waals surface area contributed by atoms with Gasteiger partial charge in [0, 0.05) is 37.6 Å². The van der Waals surface area contributed by atoms with E-state index in [2.05, 4.69) is 23.1 Å². The van der Waals surface area contributed by atoms with Crippen LogP contribution < -0.4 is 5.73 Å². The molecule has 0 fully saturated rings. The van der Waals surface area contributed by atoms with Gasteiger partial charge in [-0.25, -0.2) is 0 Å². The maximum absolute atomic E-state index is 5.93. The zero-order valence-electron chi connectivity index (χ0n) is 11.0. The molecule has 0 aliphatic carbocycles. The number of aromatic nitrogens is 2. The van der Waals surface area contributed by atoms with Crippen molar-refractivity contribution in [2.75, 3.05) is 19.3 Å². The molecule has 96 valence electrons. The highest BCUT2D eigenvalue weighted by Gasteiger charge is 2.04. The van der Waals surface area contributed by atoms with Gasteiger partial charge in [0.1, 0.15) is 0 Å². The average molecular weight is 244 g/mol. The number of para-hydroxylation sites is 1. The summed E-state index contributed by atoms with van der Waals surface area (Å²) in [6.07, 6.45) is 4.93. The van der Waals surface area contributed by atoms with Crippen molar-refractivity contribution in [3.63, 3.8) is 0 Å². The minimum atomic E-state index is 0.882. The lowest BCUT2D eigenvalue weighted by Gasteiger charge is -2.16. The first-order chi connectivity index (χ1) is 8.65. The summed E-state index contributed by atoms with van der Waals surface area (Å²) in [6, 6.07) is 8.05. The minimum absolute atomic E-state index is 0.882. The van der Waals surface area contributed by atoms with Crippen molar-refractivity contribution >= 4 is 5.69 Å². The summed E-state index contributed by atoms with van der Waals surface area (Å²) in [7, 11) is 4.06. The van der Waals surface area contributed by atoms with Crippen molar-refractivity contribution in [2.24, 2.45) is 7.05 Å². The van der Waals surface area contributed by atoms with E-state index in [9.17, 15) is 0 Å². The third-order valence-corrected chi connectivity index (χ3v) is 3.03. The third-order valence-electron chi connectivity index (χ3n) is 3.03. The highest BCUT2D eigenvalue weighted by atomic mass is 15.2. The van der Waals surface area contributed by atoms with E-state index in [1.165, 1.54) is 11.1 Å². The van der Waals surface area contributed by atoms with Gasteiger partial charge >= 0.3 is 0 Å². The van der Waals surface area contributed by atoms with E-state index >= 15 is 0 Å². The van der Waals surface area contributed by atoms with Crippen LogP contribution in [-0.2, 0) is 20.0 Å². The monoisotopic (exact) mass is 244 g/mol. The lowest BCUT2D eigenvalue weighted by Crippen LogP contribution is -2.20. The second-order valence-electron chi connectivity index (χ2n) is 4.71. The molecule has 0 bridgehead atoms. The molecule has 2 rings (SSSR count). The highest BCUT2D eigenvalue weighted by molar-refractivity contribution is 5.46. The number of nitrogens with zero attached hydrogens (tertiary/aromatic N) is 3. The predicted molar refractivity (Wildman–Crippen MR) is 74.1 cm³/mol. The Morgan fingerprint density at radius 1 is 1.33 bits per heavy atom. The van der Waals surface area contributed by atoms with Crippen LogP contribution in [0.2, 0.25) is 0 Å². The standard InChI is InChI=1S/C14H20N4/c1-17(10-12-9-16-18(2)11-12)8-7-13-5-3-4-6-14(13)15/h3-6,9,11H,7-8,10,15H2,1-2H3. The molecule has 0 atom stereocenters. The molecule has 1 heterocycles. The van der Waals surface area contributed by atoms with Crippen LogP contribution in [-0.4, -0.2) is 28.3 Å². The number of anilines is 1. The molecule has 0 radical (unpaired) electrons. The SMILES string of the molecule is CN(CCc1ccccc1N)Cc1cnn(C)c1. The van der Waals surface area contributed by atoms with E-state index in [4.69, 9.17) is 5.73 Å². The van der Waals surface area contributed by atoms with Gasteiger partial charge in [-0.05, 0) is 25.1 Å². The zero-order chi connectivity index (χ0) is 13.0. The number of nitrogen functional groups attached to an aromatic ring is 1. The fourth-order valence-electron chi connectivity index (χ4n) is 2.02. The Hall–Kier alpha value is -1.81. The molecule has 18 heavy (non-hydrogen) atoms. The van der Waals surface area contributed by atoms with Gasteiger partial charge in [-0.3, -0.25) is 4.68 Å². The average Bonchev–Trinajstić information content (AvgIpc) is 2.74. The van der Waals surface area contributed by atoms with Gasteiger partial charge in [-0.2, -0.15) is 5.10 Å². The highest BCUT2D eigenvalue weighted by Crippen LogP contribution is 2.12. The molecule has 0 unspecified atom stereocenters. The molecule has 1 aromatic heterocycles. The van der Waals surface area contributed by atoms with E-state index in [1.807, 2.05) is 42.3 Å². The first-order valence-electron chi connectivity index (χ1n) is 6.14. The molecule has 4 heteroatoms. The smallest absolute Gasteiger partial charge is 0.0534 e. The van der Waals surface area contributed by atoms with E-state index in [0.29, 0.717) is 0 Å². The van der Waals surface area contributed by atoms with Crippen molar-refractivity contribution in [1.82, 2.24) is 14.7 Å². The molecule has 1 aromatic carbocycles. The van der Waals surface area contributed by atoms with Crippen LogP contribution in [0.15, 0.2) is 36.7 Å². The first-order valence-corrected chi connectivity index (χ1v) is 6.14. The van der Waals surface area contributed by atoms with Gasteiger partial charge in [-0.1, -0.05) is 18.2 Å². The van der Waals surface area contributed by atoms with E-state index in [-0.39, 0.29) is 0 Å². The molecule has 0 aliphatic rings. The number of benzene rings is 1. The number of rotatable bonds is 5. The topological polar surface area (TPSA) is 47.1 Å². The number of aryl methyl sites for hydroxylation is 1. The molecule has 0 amide bonds. The van der Waals surface area contributed by atoms with E-state index in [1.54, 1.807) is 0 Å². The molecule has 4 nitrogen and oxygen atoms in total. The summed E-state index contributed by atoms with van der Waals surface area (Å²) in [4.78, 5) is 2.28. The summed E-state index contributed by atoms with van der Waals surface area (Å²) in [5, 5.41) is 4.17. The molecular weight excluding hydrogens is 224 g/mol. The molecule has 0 spiro atoms. The van der Waals surface area contributed by atoms with Crippen LogP contribution in [0.5, 0.6) is 0 Å². The predicted octanol–water partition coefficient (Wildman–Crippen LogP) is 1.68. The molecule has 0 saturated carbocycles.